The highest BCUT2D eigenvalue weighted by atomic mass is 16.7. The van der Waals surface area contributed by atoms with Crippen LogP contribution in [0, 0.1) is 5.92 Å². The van der Waals surface area contributed by atoms with Crippen LogP contribution < -0.4 is 18.9 Å². The lowest BCUT2D eigenvalue weighted by Gasteiger charge is -2.50. The molecule has 0 aliphatic carbocycles. The summed E-state index contributed by atoms with van der Waals surface area (Å²) in [6, 6.07) is 12.5. The van der Waals surface area contributed by atoms with Crippen LogP contribution in [-0.2, 0) is 0 Å². The molecular weight excluding hydrogens is 354 g/mol. The average molecular weight is 381 g/mol. The summed E-state index contributed by atoms with van der Waals surface area (Å²) in [5, 5.41) is 0. The number of benzene rings is 2. The maximum absolute atomic E-state index is 6.71. The predicted molar refractivity (Wildman–Crippen MR) is 106 cm³/mol. The van der Waals surface area contributed by atoms with Gasteiger partial charge in [-0.15, -0.1) is 0 Å². The summed E-state index contributed by atoms with van der Waals surface area (Å²) in [6.07, 6.45) is 2.45. The Kier molecular flexibility index (Phi) is 4.16. The molecule has 5 rings (SSSR count). The maximum Gasteiger partial charge on any atom is 0.231 e. The van der Waals surface area contributed by atoms with E-state index in [4.69, 9.17) is 18.9 Å². The molecule has 28 heavy (non-hydrogen) atoms. The quantitative estimate of drug-likeness (QED) is 0.788. The van der Waals surface area contributed by atoms with E-state index in [0.29, 0.717) is 0 Å². The highest BCUT2D eigenvalue weighted by Crippen LogP contribution is 2.53. The smallest absolute Gasteiger partial charge is 0.231 e. The minimum atomic E-state index is -0.370. The molecule has 2 aromatic carbocycles. The molecule has 148 valence electrons. The zero-order chi connectivity index (χ0) is 19.3. The molecule has 0 radical (unpaired) electrons. The number of hydrogen-bond acceptors (Lipinski definition) is 5. The Labute approximate surface area is 166 Å². The van der Waals surface area contributed by atoms with Crippen molar-refractivity contribution in [2.24, 2.45) is 5.92 Å². The van der Waals surface area contributed by atoms with Gasteiger partial charge in [0.05, 0.1) is 7.11 Å². The van der Waals surface area contributed by atoms with Crippen molar-refractivity contribution in [3.63, 3.8) is 0 Å². The fraction of sp³-hybridized carbons (Fsp3) is 0.478. The number of ether oxygens (including phenoxy) is 4. The number of nitrogens with zero attached hydrogens (tertiary/aromatic N) is 1. The molecule has 3 atom stereocenters. The van der Waals surface area contributed by atoms with Crippen LogP contribution in [-0.4, -0.2) is 37.6 Å². The zero-order valence-corrected chi connectivity index (χ0v) is 16.7. The molecule has 0 bridgehead atoms. The lowest BCUT2D eigenvalue weighted by atomic mass is 9.74. The van der Waals surface area contributed by atoms with Gasteiger partial charge in [0, 0.05) is 36.6 Å². The van der Waals surface area contributed by atoms with E-state index in [0.717, 1.165) is 41.7 Å². The molecule has 2 aromatic rings. The van der Waals surface area contributed by atoms with Crippen molar-refractivity contribution in [3.8, 4) is 23.0 Å². The molecule has 5 heteroatoms. The summed E-state index contributed by atoms with van der Waals surface area (Å²) in [4.78, 5) is 2.50. The van der Waals surface area contributed by atoms with Gasteiger partial charge < -0.3 is 18.9 Å². The van der Waals surface area contributed by atoms with E-state index in [1.165, 1.54) is 18.4 Å². The van der Waals surface area contributed by atoms with Gasteiger partial charge in [-0.3, -0.25) is 4.90 Å². The van der Waals surface area contributed by atoms with E-state index < -0.39 is 0 Å². The minimum Gasteiger partial charge on any atom is -0.497 e. The molecule has 1 saturated heterocycles. The summed E-state index contributed by atoms with van der Waals surface area (Å²) >= 11 is 0. The fourth-order valence-electron chi connectivity index (χ4n) is 4.98. The third-order valence-electron chi connectivity index (χ3n) is 6.69. The fourth-order valence-corrected chi connectivity index (χ4v) is 4.98. The first-order chi connectivity index (χ1) is 13.6. The number of methoxy groups -OCH3 is 1. The number of hydrogen-bond donors (Lipinski definition) is 0. The van der Waals surface area contributed by atoms with Crippen LogP contribution in [0.25, 0.3) is 0 Å². The first kappa shape index (κ1) is 17.7. The minimum absolute atomic E-state index is 0.180. The van der Waals surface area contributed by atoms with Crippen LogP contribution >= 0.6 is 0 Å². The zero-order valence-electron chi connectivity index (χ0n) is 16.7. The predicted octanol–water partition coefficient (Wildman–Crippen LogP) is 4.40. The van der Waals surface area contributed by atoms with Gasteiger partial charge in [-0.2, -0.15) is 0 Å². The molecule has 1 fully saturated rings. The van der Waals surface area contributed by atoms with Crippen LogP contribution in [0.5, 0.6) is 23.0 Å². The maximum atomic E-state index is 6.71. The molecule has 3 aliphatic heterocycles. The molecule has 5 nitrogen and oxygen atoms in total. The molecule has 0 amide bonds. The van der Waals surface area contributed by atoms with Crippen molar-refractivity contribution in [2.45, 2.75) is 38.3 Å². The average Bonchev–Trinajstić information content (AvgIpc) is 3.39. The molecule has 3 aliphatic rings. The van der Waals surface area contributed by atoms with E-state index in [1.807, 2.05) is 12.1 Å². The SMILES string of the molecule is COc1cccc([C@@H]2c3cc4c(cc3O[C@@](C)(N3CCCC3)[C@@H]2C)OCO4)c1. The van der Waals surface area contributed by atoms with Gasteiger partial charge in [0.25, 0.3) is 0 Å². The van der Waals surface area contributed by atoms with Gasteiger partial charge in [-0.05, 0) is 43.5 Å². The van der Waals surface area contributed by atoms with E-state index in [1.54, 1.807) is 7.11 Å². The Morgan fingerprint density at radius 1 is 1.04 bits per heavy atom. The Morgan fingerprint density at radius 3 is 2.54 bits per heavy atom. The third kappa shape index (κ3) is 2.64. The molecule has 3 heterocycles. The van der Waals surface area contributed by atoms with E-state index in [9.17, 15) is 0 Å². The first-order valence-corrected chi connectivity index (χ1v) is 10.1. The number of likely N-dealkylation sites (tertiary alicyclic amines) is 1. The Hall–Kier alpha value is -2.40. The van der Waals surface area contributed by atoms with Gasteiger partial charge in [0.15, 0.2) is 17.2 Å². The van der Waals surface area contributed by atoms with Crippen molar-refractivity contribution < 1.29 is 18.9 Å². The van der Waals surface area contributed by atoms with Crippen LogP contribution in [0.1, 0.15) is 43.7 Å². The van der Waals surface area contributed by atoms with Crippen molar-refractivity contribution in [1.29, 1.82) is 0 Å². The monoisotopic (exact) mass is 381 g/mol. The lowest BCUT2D eigenvalue weighted by Crippen LogP contribution is -2.57. The van der Waals surface area contributed by atoms with Gasteiger partial charge in [0.2, 0.25) is 6.79 Å². The highest BCUT2D eigenvalue weighted by molar-refractivity contribution is 5.56. The Morgan fingerprint density at radius 2 is 1.79 bits per heavy atom. The second kappa shape index (κ2) is 6.59. The molecule has 0 aromatic heterocycles. The van der Waals surface area contributed by atoms with Gasteiger partial charge in [-0.1, -0.05) is 19.1 Å². The number of rotatable bonds is 3. The van der Waals surface area contributed by atoms with Crippen molar-refractivity contribution in [2.75, 3.05) is 27.0 Å². The lowest BCUT2D eigenvalue weighted by molar-refractivity contribution is -0.114. The topological polar surface area (TPSA) is 40.2 Å². The van der Waals surface area contributed by atoms with Crippen molar-refractivity contribution in [3.05, 3.63) is 47.5 Å². The van der Waals surface area contributed by atoms with Crippen molar-refractivity contribution >= 4 is 0 Å². The summed E-state index contributed by atoms with van der Waals surface area (Å²) < 4.78 is 23.5. The normalized spacial score (nSPS) is 28.7. The molecule has 0 saturated carbocycles. The van der Waals surface area contributed by atoms with Crippen LogP contribution in [0.4, 0.5) is 0 Å². The van der Waals surface area contributed by atoms with Gasteiger partial charge in [0.1, 0.15) is 11.5 Å². The molecule has 0 N–H and O–H groups in total. The van der Waals surface area contributed by atoms with Crippen LogP contribution in [0.15, 0.2) is 36.4 Å². The second-order valence-corrected chi connectivity index (χ2v) is 8.14. The van der Waals surface area contributed by atoms with E-state index in [2.05, 4.69) is 43.0 Å². The summed E-state index contributed by atoms with van der Waals surface area (Å²) in [6.45, 7) is 6.96. The van der Waals surface area contributed by atoms with Crippen LogP contribution in [0.3, 0.4) is 0 Å². The largest absolute Gasteiger partial charge is 0.497 e. The second-order valence-electron chi connectivity index (χ2n) is 8.14. The standard InChI is InChI=1S/C23H27NO4/c1-15-22(16-7-6-8-17(11-16)25-3)18-12-20-21(27-14-26-20)13-19(18)28-23(15,2)24-9-4-5-10-24/h6-8,11-13,15,22H,4-5,9-10,14H2,1-3H3/t15-,22-,23-/m1/s1. The Bertz CT molecular complexity index is 892. The summed E-state index contributed by atoms with van der Waals surface area (Å²) in [5.74, 6) is 3.77. The molecule has 0 spiro atoms. The van der Waals surface area contributed by atoms with Gasteiger partial charge in [-0.25, -0.2) is 0 Å². The van der Waals surface area contributed by atoms with E-state index in [-0.39, 0.29) is 24.4 Å². The first-order valence-electron chi connectivity index (χ1n) is 10.1. The molecule has 0 unspecified atom stereocenters. The van der Waals surface area contributed by atoms with Gasteiger partial charge >= 0.3 is 0 Å². The van der Waals surface area contributed by atoms with Crippen LogP contribution in [0.2, 0.25) is 0 Å². The number of fused-ring (bicyclic) bond motifs is 2. The van der Waals surface area contributed by atoms with E-state index >= 15 is 0 Å². The van der Waals surface area contributed by atoms with Crippen molar-refractivity contribution in [1.82, 2.24) is 4.90 Å². The Balaban J connectivity index is 1.66. The highest BCUT2D eigenvalue weighted by Gasteiger charge is 2.49. The summed E-state index contributed by atoms with van der Waals surface area (Å²) in [5.41, 5.74) is 2.02. The third-order valence-corrected chi connectivity index (χ3v) is 6.69. The summed E-state index contributed by atoms with van der Waals surface area (Å²) in [7, 11) is 1.72. The molecular formula is C23H27NO4.